The van der Waals surface area contributed by atoms with Crippen molar-refractivity contribution in [3.8, 4) is 0 Å². The molecule has 0 saturated carbocycles. The van der Waals surface area contributed by atoms with Crippen LogP contribution < -0.4 is 0 Å². The summed E-state index contributed by atoms with van der Waals surface area (Å²) in [6, 6.07) is 0. The van der Waals surface area contributed by atoms with Crippen LogP contribution in [0.25, 0.3) is 0 Å². The number of benzene rings is 2. The standard InChI is InChI=1S/C9H3I3O6.C9H9I3.HI/c10-4-1(7(13)14)5(11)3(9(17)18)6(12)2(4)8(15)16;1-4-7(10)5(2)9(12)6(3)8(4)11;/h(H,13,14)(H,15,16)(H,17,18);1-3H3;1H. The minimum Gasteiger partial charge on any atom is -0.478 e. The number of carbonyl (C=O) groups is 3. The molecule has 2 rings (SSSR count). The summed E-state index contributed by atoms with van der Waals surface area (Å²) >= 11 is 12.1. The van der Waals surface area contributed by atoms with Crippen LogP contribution >= 0.6 is 160 Å². The lowest BCUT2D eigenvalue weighted by atomic mass is 10.1. The van der Waals surface area contributed by atoms with Gasteiger partial charge in [-0.15, -0.1) is 24.0 Å². The van der Waals surface area contributed by atoms with Crippen LogP contribution in [0.15, 0.2) is 0 Å². The molecule has 0 atom stereocenters. The summed E-state index contributed by atoms with van der Waals surface area (Å²) in [6.45, 7) is 6.58. The topological polar surface area (TPSA) is 112 Å². The molecule has 0 aromatic heterocycles. The molecule has 0 saturated heterocycles. The maximum absolute atomic E-state index is 11.1. The highest BCUT2D eigenvalue weighted by molar-refractivity contribution is 14.1. The third kappa shape index (κ3) is 7.47. The van der Waals surface area contributed by atoms with Gasteiger partial charge in [-0.3, -0.25) is 0 Å². The first-order valence-electron chi connectivity index (χ1n) is 7.67. The average Bonchev–Trinajstić information content (AvgIpc) is 2.62. The van der Waals surface area contributed by atoms with E-state index in [1.54, 1.807) is 67.8 Å². The number of carboxylic acid groups (broad SMARTS) is 3. The molecule has 6 nitrogen and oxygen atoms in total. The summed E-state index contributed by atoms with van der Waals surface area (Å²) in [5, 5.41) is 27.2. The minimum atomic E-state index is -1.36. The van der Waals surface area contributed by atoms with Gasteiger partial charge < -0.3 is 15.3 Å². The van der Waals surface area contributed by atoms with Crippen molar-refractivity contribution >= 4 is 177 Å². The Balaban J connectivity index is 0.000000605. The van der Waals surface area contributed by atoms with Crippen LogP contribution in [-0.2, 0) is 0 Å². The van der Waals surface area contributed by atoms with Gasteiger partial charge in [0.2, 0.25) is 0 Å². The van der Waals surface area contributed by atoms with E-state index in [1.165, 1.54) is 27.4 Å². The van der Waals surface area contributed by atoms with Crippen LogP contribution in [0.1, 0.15) is 47.8 Å². The highest BCUT2D eigenvalue weighted by Gasteiger charge is 2.29. The summed E-state index contributed by atoms with van der Waals surface area (Å²) in [5.41, 5.74) is 3.37. The Labute approximate surface area is 277 Å². The van der Waals surface area contributed by atoms with Crippen LogP contribution in [-0.4, -0.2) is 33.2 Å². The zero-order valence-corrected chi connectivity index (χ0v) is 31.0. The smallest absolute Gasteiger partial charge is 0.337 e. The second-order valence-electron chi connectivity index (χ2n) is 5.80. The van der Waals surface area contributed by atoms with Gasteiger partial charge in [-0.05, 0) is 173 Å². The van der Waals surface area contributed by atoms with Crippen molar-refractivity contribution in [2.45, 2.75) is 20.8 Å². The molecular weight excluding hydrogens is 1200 g/mol. The monoisotopic (exact) mass is 1210 g/mol. The lowest BCUT2D eigenvalue weighted by Crippen LogP contribution is -2.17. The summed E-state index contributed by atoms with van der Waals surface area (Å²) < 4.78 is 4.29. The fourth-order valence-electron chi connectivity index (χ4n) is 2.36. The summed E-state index contributed by atoms with van der Waals surface area (Å²) in [7, 11) is 0. The molecule has 170 valence electrons. The van der Waals surface area contributed by atoms with E-state index < -0.39 is 17.9 Å². The van der Waals surface area contributed by atoms with Crippen molar-refractivity contribution in [3.05, 3.63) is 54.8 Å². The number of aromatic carboxylic acids is 3. The van der Waals surface area contributed by atoms with Crippen molar-refractivity contribution < 1.29 is 29.7 Å². The van der Waals surface area contributed by atoms with Gasteiger partial charge in [-0.25, -0.2) is 14.4 Å². The maximum atomic E-state index is 11.1. The van der Waals surface area contributed by atoms with Crippen LogP contribution in [0.5, 0.6) is 0 Å². The van der Waals surface area contributed by atoms with E-state index in [4.69, 9.17) is 15.3 Å². The van der Waals surface area contributed by atoms with E-state index in [-0.39, 0.29) is 51.4 Å². The molecule has 0 amide bonds. The fourth-order valence-corrected chi connectivity index (χ4v) is 10.1. The molecule has 0 spiro atoms. The molecule has 2 aromatic carbocycles. The zero-order chi connectivity index (χ0) is 23.7. The van der Waals surface area contributed by atoms with Crippen molar-refractivity contribution in [1.82, 2.24) is 0 Å². The molecular formula is C18H13I7O6. The lowest BCUT2D eigenvalue weighted by Gasteiger charge is -2.12. The quantitative estimate of drug-likeness (QED) is 0.273. The largest absolute Gasteiger partial charge is 0.478 e. The Morgan fingerprint density at radius 3 is 0.774 bits per heavy atom. The van der Waals surface area contributed by atoms with E-state index >= 15 is 0 Å². The molecule has 0 unspecified atom stereocenters. The Bertz CT molecular complexity index is 875. The van der Waals surface area contributed by atoms with Gasteiger partial charge in [0, 0.05) is 21.4 Å². The lowest BCUT2D eigenvalue weighted by molar-refractivity contribution is 0.0693. The number of hydrogen-bond acceptors (Lipinski definition) is 3. The predicted molar refractivity (Wildman–Crippen MR) is 180 cm³/mol. The highest BCUT2D eigenvalue weighted by Crippen LogP contribution is 2.32. The third-order valence-corrected chi connectivity index (χ3v) is 12.0. The summed E-state index contributed by atoms with van der Waals surface area (Å²) in [5.74, 6) is -4.07. The highest BCUT2D eigenvalue weighted by atomic mass is 127. The van der Waals surface area contributed by atoms with Crippen LogP contribution in [0, 0.1) is 42.2 Å². The molecule has 0 heterocycles. The molecule has 0 radical (unpaired) electrons. The average molecular weight is 1210 g/mol. The molecule has 0 aliphatic carbocycles. The van der Waals surface area contributed by atoms with Gasteiger partial charge >= 0.3 is 17.9 Å². The summed E-state index contributed by atoms with van der Waals surface area (Å²) in [4.78, 5) is 33.3. The van der Waals surface area contributed by atoms with Crippen molar-refractivity contribution in [3.63, 3.8) is 0 Å². The Morgan fingerprint density at radius 1 is 0.484 bits per heavy atom. The van der Waals surface area contributed by atoms with Crippen LogP contribution in [0.2, 0.25) is 0 Å². The first-order valence-corrected chi connectivity index (χ1v) is 14.1. The van der Waals surface area contributed by atoms with Crippen molar-refractivity contribution in [2.75, 3.05) is 0 Å². The van der Waals surface area contributed by atoms with Gasteiger partial charge in [0.05, 0.1) is 16.7 Å². The molecule has 0 bridgehead atoms. The Kier molecular flexibility index (Phi) is 14.8. The third-order valence-electron chi connectivity index (χ3n) is 3.93. The van der Waals surface area contributed by atoms with Gasteiger partial charge in [0.25, 0.3) is 0 Å². The van der Waals surface area contributed by atoms with Gasteiger partial charge in [0.15, 0.2) is 0 Å². The molecule has 0 fully saturated rings. The van der Waals surface area contributed by atoms with Crippen LogP contribution in [0.3, 0.4) is 0 Å². The molecule has 0 aliphatic heterocycles. The Hall–Kier alpha value is 1.96. The van der Waals surface area contributed by atoms with Crippen molar-refractivity contribution in [2.24, 2.45) is 0 Å². The van der Waals surface area contributed by atoms with Gasteiger partial charge in [0.1, 0.15) is 0 Å². The first-order chi connectivity index (χ1) is 13.7. The molecule has 2 aromatic rings. The second kappa shape index (κ2) is 13.9. The summed E-state index contributed by atoms with van der Waals surface area (Å²) in [6.07, 6.45) is 0. The fraction of sp³-hybridized carbons (Fsp3) is 0.167. The van der Waals surface area contributed by atoms with Crippen molar-refractivity contribution in [1.29, 1.82) is 0 Å². The Morgan fingerprint density at radius 2 is 0.645 bits per heavy atom. The first kappa shape index (κ1) is 33.0. The van der Waals surface area contributed by atoms with E-state index in [0.29, 0.717) is 0 Å². The number of rotatable bonds is 3. The molecule has 13 heteroatoms. The zero-order valence-electron chi connectivity index (χ0n) is 15.7. The van der Waals surface area contributed by atoms with E-state index in [1.807, 2.05) is 0 Å². The number of halogens is 7. The number of hydrogen-bond donors (Lipinski definition) is 3. The van der Waals surface area contributed by atoms with Crippen LogP contribution in [0.4, 0.5) is 0 Å². The molecule has 3 N–H and O–H groups in total. The molecule has 31 heavy (non-hydrogen) atoms. The van der Waals surface area contributed by atoms with Gasteiger partial charge in [-0.2, -0.15) is 0 Å². The SMILES string of the molecule is Cc1c(I)c(C)c(I)c(C)c1I.I.O=C(O)c1c(I)c(C(=O)O)c(I)c(C(=O)O)c1I. The maximum Gasteiger partial charge on any atom is 0.337 e. The van der Waals surface area contributed by atoms with Gasteiger partial charge in [-0.1, -0.05) is 0 Å². The van der Waals surface area contributed by atoms with E-state index in [9.17, 15) is 14.4 Å². The molecule has 0 aliphatic rings. The minimum absolute atomic E-state index is 0. The van der Waals surface area contributed by atoms with E-state index in [0.717, 1.165) is 0 Å². The normalized spacial score (nSPS) is 9.97. The second-order valence-corrected chi connectivity index (χ2v) is 12.3. The predicted octanol–water partition coefficient (Wildman–Crippen LogP) is 7.64. The number of carboxylic acids is 3. The van der Waals surface area contributed by atoms with E-state index in [2.05, 4.69) is 88.5 Å².